The highest BCUT2D eigenvalue weighted by Crippen LogP contribution is 1.95. The van der Waals surface area contributed by atoms with E-state index < -0.39 is 11.6 Å². The van der Waals surface area contributed by atoms with Crippen molar-refractivity contribution in [2.45, 2.75) is 12.6 Å². The highest BCUT2D eigenvalue weighted by molar-refractivity contribution is 5.85. The Balaban J connectivity index is 4.08. The van der Waals surface area contributed by atoms with E-state index in [1.807, 2.05) is 5.32 Å². The minimum Gasteiger partial charge on any atom is -0.355 e. The first kappa shape index (κ1) is 8.90. The summed E-state index contributed by atoms with van der Waals surface area (Å²) in [6.07, 6.45) is 0.197. The first-order valence-electron chi connectivity index (χ1n) is 2.68. The Morgan fingerprint density at radius 1 is 1.60 bits per heavy atom. The lowest BCUT2D eigenvalue weighted by molar-refractivity contribution is -0.151. The van der Waals surface area contributed by atoms with E-state index in [4.69, 9.17) is 0 Å². The van der Waals surface area contributed by atoms with Crippen LogP contribution in [-0.4, -0.2) is 25.1 Å². The largest absolute Gasteiger partial charge is 0.355 e. The molecule has 1 atom stereocenters. The van der Waals surface area contributed by atoms with Crippen molar-refractivity contribution in [2.75, 3.05) is 7.05 Å². The van der Waals surface area contributed by atoms with Crippen LogP contribution in [0.3, 0.4) is 0 Å². The maximum atomic E-state index is 10.9. The third-order valence-electron chi connectivity index (χ3n) is 0.995. The summed E-state index contributed by atoms with van der Waals surface area (Å²) >= 11 is 0. The number of hydrogen-bond acceptors (Lipinski definition) is 2. The van der Waals surface area contributed by atoms with Gasteiger partial charge in [0.15, 0.2) is 0 Å². The predicted molar refractivity (Wildman–Crippen MR) is 32.4 cm³/mol. The zero-order chi connectivity index (χ0) is 8.20. The van der Waals surface area contributed by atoms with Gasteiger partial charge in [-0.05, 0) is 6.92 Å². The highest BCUT2D eigenvalue weighted by atomic mass is 16.3. The molecule has 0 aromatic carbocycles. The van der Waals surface area contributed by atoms with Gasteiger partial charge in [0, 0.05) is 7.05 Å². The lowest BCUT2D eigenvalue weighted by atomic mass is 10.2. The summed E-state index contributed by atoms with van der Waals surface area (Å²) in [6.45, 7) is 1.07. The predicted octanol–water partition coefficient (Wildman–Crippen LogP) is -1.37. The first-order valence-corrected chi connectivity index (χ1v) is 2.68. The van der Waals surface area contributed by atoms with Gasteiger partial charge in [-0.2, -0.15) is 5.11 Å². The molecule has 0 saturated carbocycles. The van der Waals surface area contributed by atoms with Crippen LogP contribution >= 0.6 is 0 Å². The summed E-state index contributed by atoms with van der Waals surface area (Å²) in [5.41, 5.74) is -2.06. The van der Waals surface area contributed by atoms with Gasteiger partial charge in [0.05, 0.1) is 0 Å². The maximum absolute atomic E-state index is 10.9. The van der Waals surface area contributed by atoms with E-state index in [1.54, 1.807) is 0 Å². The summed E-state index contributed by atoms with van der Waals surface area (Å²) < 4.78 is 0. The molecule has 0 aromatic heterocycles. The average Bonchev–Trinajstić information content (AvgIpc) is 1.86. The summed E-state index contributed by atoms with van der Waals surface area (Å²) in [5.74, 6) is -0.764. The molecule has 0 aromatic rings. The molecule has 5 heteroatoms. The van der Waals surface area contributed by atoms with Crippen LogP contribution in [0.2, 0.25) is 0 Å². The Kier molecular flexibility index (Phi) is 2.82. The molecule has 0 saturated heterocycles. The van der Waals surface area contributed by atoms with Crippen LogP contribution in [0, 0.1) is 0 Å². The lowest BCUT2D eigenvalue weighted by Gasteiger charge is -2.16. The molecule has 1 unspecified atom stereocenters. The third-order valence-corrected chi connectivity index (χ3v) is 0.995. The van der Waals surface area contributed by atoms with Gasteiger partial charge in [-0.25, -0.2) is 0 Å². The number of likely N-dealkylation sites (N-methyl/N-ethyl adjacent to an activating group) is 1. The molecule has 2 amide bonds. The molecule has 0 rings (SSSR count). The van der Waals surface area contributed by atoms with Crippen LogP contribution < -0.4 is 10.6 Å². The molecule has 0 bridgehead atoms. The fourth-order valence-electron chi connectivity index (χ4n) is 0.417. The summed E-state index contributed by atoms with van der Waals surface area (Å²) in [7, 11) is 1.32. The van der Waals surface area contributed by atoms with E-state index in [-0.39, 0.29) is 6.41 Å². The van der Waals surface area contributed by atoms with Crippen LogP contribution in [0.25, 0.3) is 0 Å². The average molecular weight is 145 g/mol. The maximum Gasteiger partial charge on any atom is 0.275 e. The van der Waals surface area contributed by atoms with Gasteiger partial charge in [0.2, 0.25) is 6.41 Å². The molecule has 0 fully saturated rings. The van der Waals surface area contributed by atoms with Gasteiger partial charge in [0.1, 0.15) is 0 Å². The Hall–Kier alpha value is -1.10. The van der Waals surface area contributed by atoms with Crippen molar-refractivity contribution in [1.29, 1.82) is 0 Å². The number of nitrogens with one attached hydrogen (secondary N) is 2. The minimum atomic E-state index is -2.06. The second-order valence-corrected chi connectivity index (χ2v) is 1.87. The van der Waals surface area contributed by atoms with Gasteiger partial charge >= 0.3 is 0 Å². The highest BCUT2D eigenvalue weighted by Gasteiger charge is 2.30. The van der Waals surface area contributed by atoms with E-state index in [2.05, 4.69) is 5.32 Å². The van der Waals surface area contributed by atoms with Gasteiger partial charge < -0.3 is 10.6 Å². The molecule has 1 radical (unpaired) electrons. The lowest BCUT2D eigenvalue weighted by Crippen LogP contribution is -2.52. The smallest absolute Gasteiger partial charge is 0.275 e. The van der Waals surface area contributed by atoms with Crippen molar-refractivity contribution < 1.29 is 14.7 Å². The second kappa shape index (κ2) is 3.17. The zero-order valence-corrected chi connectivity index (χ0v) is 5.80. The summed E-state index contributed by atoms with van der Waals surface area (Å²) in [6, 6.07) is 0. The fraction of sp³-hybridized carbons (Fsp3) is 0.600. The van der Waals surface area contributed by atoms with Crippen LogP contribution in [-0.2, 0) is 14.7 Å². The normalized spacial score (nSPS) is 15.1. The Morgan fingerprint density at radius 2 is 2.10 bits per heavy atom. The molecular weight excluding hydrogens is 136 g/mol. The molecule has 0 aliphatic rings. The molecule has 10 heavy (non-hydrogen) atoms. The summed E-state index contributed by atoms with van der Waals surface area (Å²) in [5, 5.41) is 14.8. The number of amides is 2. The monoisotopic (exact) mass is 145 g/mol. The minimum absolute atomic E-state index is 0.197. The first-order chi connectivity index (χ1) is 4.54. The van der Waals surface area contributed by atoms with E-state index in [0.717, 1.165) is 6.92 Å². The van der Waals surface area contributed by atoms with E-state index >= 15 is 0 Å². The van der Waals surface area contributed by atoms with Gasteiger partial charge in [-0.15, -0.1) is 0 Å². The van der Waals surface area contributed by atoms with Crippen molar-refractivity contribution in [1.82, 2.24) is 10.6 Å². The van der Waals surface area contributed by atoms with Crippen LogP contribution in [0.15, 0.2) is 0 Å². The molecule has 5 nitrogen and oxygen atoms in total. The molecule has 0 aliphatic carbocycles. The Morgan fingerprint density at radius 3 is 2.40 bits per heavy atom. The van der Waals surface area contributed by atoms with Crippen molar-refractivity contribution >= 4 is 12.3 Å². The number of rotatable bonds is 3. The molecule has 0 spiro atoms. The molecule has 57 valence electrons. The van der Waals surface area contributed by atoms with E-state index in [0.29, 0.717) is 0 Å². The van der Waals surface area contributed by atoms with Crippen molar-refractivity contribution in [3.05, 3.63) is 0 Å². The van der Waals surface area contributed by atoms with Crippen molar-refractivity contribution in [3.8, 4) is 0 Å². The van der Waals surface area contributed by atoms with Crippen molar-refractivity contribution in [2.24, 2.45) is 0 Å². The van der Waals surface area contributed by atoms with Crippen LogP contribution in [0.1, 0.15) is 6.92 Å². The van der Waals surface area contributed by atoms with Crippen molar-refractivity contribution in [3.63, 3.8) is 0 Å². The second-order valence-electron chi connectivity index (χ2n) is 1.87. The zero-order valence-electron chi connectivity index (χ0n) is 5.80. The number of carbonyl (C=O) groups is 2. The SMILES string of the molecule is CNC(=O)C(C)([O])NC=O. The Labute approximate surface area is 58.4 Å². The Bertz CT molecular complexity index is 144. The fourth-order valence-corrected chi connectivity index (χ4v) is 0.417. The molecular formula is C5H9N2O3. The quantitative estimate of drug-likeness (QED) is 0.379. The summed E-state index contributed by atoms with van der Waals surface area (Å²) in [4.78, 5) is 20.3. The number of carbonyl (C=O) groups excluding carboxylic acids is 2. The standard InChI is InChI=1S/C5H9N2O3/c1-5(10,7-3-8)4(9)6-2/h3H,1-2H3,(H,6,9)(H,7,8). The third kappa shape index (κ3) is 2.02. The van der Waals surface area contributed by atoms with Crippen LogP contribution in [0.5, 0.6) is 0 Å². The van der Waals surface area contributed by atoms with E-state index in [9.17, 15) is 14.7 Å². The molecule has 2 N–H and O–H groups in total. The number of hydrogen-bond donors (Lipinski definition) is 2. The molecule has 0 aliphatic heterocycles. The molecule has 0 heterocycles. The topological polar surface area (TPSA) is 78.1 Å². The van der Waals surface area contributed by atoms with Crippen LogP contribution in [0.4, 0.5) is 0 Å². The van der Waals surface area contributed by atoms with Gasteiger partial charge in [0.25, 0.3) is 11.6 Å². The van der Waals surface area contributed by atoms with E-state index in [1.165, 1.54) is 7.05 Å². The van der Waals surface area contributed by atoms with Gasteiger partial charge in [-0.3, -0.25) is 9.59 Å². The van der Waals surface area contributed by atoms with Gasteiger partial charge in [-0.1, -0.05) is 0 Å².